The minimum absolute atomic E-state index is 0.215. The first-order valence-electron chi connectivity index (χ1n) is 8.75. The van der Waals surface area contributed by atoms with Crippen LogP contribution in [-0.4, -0.2) is 22.4 Å². The Kier molecular flexibility index (Phi) is 6.12. The van der Waals surface area contributed by atoms with Gasteiger partial charge in [-0.05, 0) is 51.2 Å². The van der Waals surface area contributed by atoms with E-state index in [4.69, 9.17) is 0 Å². The van der Waals surface area contributed by atoms with E-state index in [0.29, 0.717) is 23.3 Å². The summed E-state index contributed by atoms with van der Waals surface area (Å²) in [6, 6.07) is 5.83. The van der Waals surface area contributed by atoms with Gasteiger partial charge in [0.05, 0.1) is 0 Å². The van der Waals surface area contributed by atoms with Gasteiger partial charge in [0.25, 0.3) is 5.91 Å². The van der Waals surface area contributed by atoms with Crippen molar-refractivity contribution in [2.75, 3.05) is 17.2 Å². The maximum absolute atomic E-state index is 12.7. The number of amides is 1. The van der Waals surface area contributed by atoms with Gasteiger partial charge in [-0.1, -0.05) is 31.5 Å². The summed E-state index contributed by atoms with van der Waals surface area (Å²) in [7, 11) is 0. The highest BCUT2D eigenvalue weighted by atomic mass is 16.1. The van der Waals surface area contributed by atoms with Crippen LogP contribution in [0.2, 0.25) is 0 Å². The van der Waals surface area contributed by atoms with Crippen molar-refractivity contribution in [3.8, 4) is 0 Å². The largest absolute Gasteiger partial charge is 0.370 e. The van der Waals surface area contributed by atoms with Crippen molar-refractivity contribution in [3.05, 3.63) is 46.4 Å². The predicted molar refractivity (Wildman–Crippen MR) is 103 cm³/mol. The molecule has 0 aliphatic carbocycles. The molecule has 0 saturated heterocycles. The zero-order chi connectivity index (χ0) is 18.6. The van der Waals surface area contributed by atoms with Gasteiger partial charge in [0, 0.05) is 18.3 Å². The van der Waals surface area contributed by atoms with E-state index in [1.807, 2.05) is 13.8 Å². The van der Waals surface area contributed by atoms with Gasteiger partial charge < -0.3 is 10.6 Å². The number of nitrogens with zero attached hydrogens (tertiary/aromatic N) is 2. The third kappa shape index (κ3) is 5.28. The Hall–Kier alpha value is -2.43. The number of hydrogen-bond acceptors (Lipinski definition) is 4. The summed E-state index contributed by atoms with van der Waals surface area (Å²) in [4.78, 5) is 21.3. The smallest absolute Gasteiger partial charge is 0.274 e. The highest BCUT2D eigenvalue weighted by Crippen LogP contribution is 2.22. The van der Waals surface area contributed by atoms with Crippen LogP contribution >= 0.6 is 0 Å². The second kappa shape index (κ2) is 8.10. The fourth-order valence-corrected chi connectivity index (χ4v) is 2.82. The molecule has 1 aromatic carbocycles. The lowest BCUT2D eigenvalue weighted by atomic mass is 10.0. The quantitative estimate of drug-likeness (QED) is 0.817. The van der Waals surface area contributed by atoms with Crippen LogP contribution in [0.5, 0.6) is 0 Å². The Morgan fingerprint density at radius 3 is 2.28 bits per heavy atom. The lowest BCUT2D eigenvalue weighted by Gasteiger charge is -2.13. The first-order valence-corrected chi connectivity index (χ1v) is 8.75. The van der Waals surface area contributed by atoms with Crippen molar-refractivity contribution >= 4 is 17.4 Å². The van der Waals surface area contributed by atoms with Crippen LogP contribution in [0.3, 0.4) is 0 Å². The van der Waals surface area contributed by atoms with E-state index in [9.17, 15) is 4.79 Å². The topological polar surface area (TPSA) is 66.9 Å². The average molecular weight is 340 g/mol. The van der Waals surface area contributed by atoms with Crippen LogP contribution in [0.15, 0.2) is 18.2 Å². The molecule has 0 bridgehead atoms. The fraction of sp³-hybridized carbons (Fsp3) is 0.450. The van der Waals surface area contributed by atoms with Gasteiger partial charge >= 0.3 is 0 Å². The summed E-state index contributed by atoms with van der Waals surface area (Å²) >= 11 is 0. The number of carbonyl (C=O) groups excluding carboxylic acids is 1. The molecular formula is C20H28N4O. The molecule has 2 aromatic rings. The van der Waals surface area contributed by atoms with Crippen LogP contribution in [0.4, 0.5) is 11.5 Å². The number of carbonyl (C=O) groups is 1. The van der Waals surface area contributed by atoms with Gasteiger partial charge in [-0.3, -0.25) is 4.79 Å². The number of nitrogens with one attached hydrogen (secondary N) is 2. The normalized spacial score (nSPS) is 10.8. The summed E-state index contributed by atoms with van der Waals surface area (Å²) in [5, 5.41) is 6.27. The number of aryl methyl sites for hydroxylation is 4. The van der Waals surface area contributed by atoms with Crippen LogP contribution in [0.1, 0.15) is 53.3 Å². The minimum atomic E-state index is -0.215. The Labute approximate surface area is 150 Å². The number of hydrogen-bond donors (Lipinski definition) is 2. The molecule has 1 heterocycles. The van der Waals surface area contributed by atoms with E-state index in [1.165, 1.54) is 5.56 Å². The summed E-state index contributed by atoms with van der Waals surface area (Å²) in [5.74, 6) is 1.67. The van der Waals surface area contributed by atoms with Crippen LogP contribution in [-0.2, 0) is 0 Å². The van der Waals surface area contributed by atoms with Crippen molar-refractivity contribution in [2.45, 2.75) is 48.0 Å². The maximum Gasteiger partial charge on any atom is 0.274 e. The van der Waals surface area contributed by atoms with E-state index in [-0.39, 0.29) is 5.91 Å². The highest BCUT2D eigenvalue weighted by molar-refractivity contribution is 6.04. The summed E-state index contributed by atoms with van der Waals surface area (Å²) in [6.07, 6.45) is 1.05. The second-order valence-corrected chi connectivity index (χ2v) is 7.02. The second-order valence-electron chi connectivity index (χ2n) is 7.02. The molecule has 1 aromatic heterocycles. The number of anilines is 2. The first-order chi connectivity index (χ1) is 11.8. The number of aromatic nitrogens is 2. The summed E-state index contributed by atoms with van der Waals surface area (Å²) < 4.78 is 0. The molecule has 5 nitrogen and oxygen atoms in total. The summed E-state index contributed by atoms with van der Waals surface area (Å²) in [6.45, 7) is 13.0. The van der Waals surface area contributed by atoms with Gasteiger partial charge in [-0.25, -0.2) is 9.97 Å². The Bertz CT molecular complexity index is 745. The minimum Gasteiger partial charge on any atom is -0.370 e. The molecule has 0 aliphatic rings. The first kappa shape index (κ1) is 18.9. The SMILES string of the molecule is Cc1cc(C)c(NC(=O)c2cc(NCCC(C)C)nc(C)n2)c(C)c1. The molecule has 5 heteroatoms. The van der Waals surface area contributed by atoms with Crippen molar-refractivity contribution in [2.24, 2.45) is 5.92 Å². The molecular weight excluding hydrogens is 312 g/mol. The third-order valence-corrected chi connectivity index (χ3v) is 4.01. The predicted octanol–water partition coefficient (Wildman–Crippen LogP) is 4.42. The van der Waals surface area contributed by atoms with E-state index >= 15 is 0 Å². The van der Waals surface area contributed by atoms with Gasteiger partial charge in [0.2, 0.25) is 0 Å². The van der Waals surface area contributed by atoms with Crippen molar-refractivity contribution in [3.63, 3.8) is 0 Å². The number of rotatable bonds is 6. The molecule has 2 rings (SSSR count). The summed E-state index contributed by atoms with van der Waals surface area (Å²) in [5.41, 5.74) is 4.50. The van der Waals surface area contributed by atoms with E-state index < -0.39 is 0 Å². The van der Waals surface area contributed by atoms with Gasteiger partial charge in [0.1, 0.15) is 17.3 Å². The van der Waals surface area contributed by atoms with Crippen LogP contribution in [0.25, 0.3) is 0 Å². The molecule has 1 amide bonds. The molecule has 0 fully saturated rings. The van der Waals surface area contributed by atoms with E-state index in [0.717, 1.165) is 29.8 Å². The molecule has 0 unspecified atom stereocenters. The lowest BCUT2D eigenvalue weighted by Crippen LogP contribution is -2.17. The highest BCUT2D eigenvalue weighted by Gasteiger charge is 2.13. The lowest BCUT2D eigenvalue weighted by molar-refractivity contribution is 0.102. The third-order valence-electron chi connectivity index (χ3n) is 4.01. The standard InChI is InChI=1S/C20H28N4O/c1-12(2)7-8-21-18-11-17(22-16(6)23-18)20(25)24-19-14(4)9-13(3)10-15(19)5/h9-12H,7-8H2,1-6H3,(H,24,25)(H,21,22,23). The fourth-order valence-electron chi connectivity index (χ4n) is 2.82. The van der Waals surface area contributed by atoms with Crippen molar-refractivity contribution < 1.29 is 4.79 Å². The molecule has 25 heavy (non-hydrogen) atoms. The molecule has 0 spiro atoms. The zero-order valence-electron chi connectivity index (χ0n) is 16.0. The van der Waals surface area contributed by atoms with Crippen molar-refractivity contribution in [1.29, 1.82) is 0 Å². The van der Waals surface area contributed by atoms with Gasteiger partial charge in [-0.2, -0.15) is 0 Å². The molecule has 134 valence electrons. The Morgan fingerprint density at radius 2 is 1.68 bits per heavy atom. The molecule has 0 atom stereocenters. The van der Waals surface area contributed by atoms with Crippen LogP contribution in [0, 0.1) is 33.6 Å². The maximum atomic E-state index is 12.7. The van der Waals surface area contributed by atoms with Gasteiger partial charge in [-0.15, -0.1) is 0 Å². The number of benzene rings is 1. The average Bonchev–Trinajstić information content (AvgIpc) is 2.49. The Morgan fingerprint density at radius 1 is 1.04 bits per heavy atom. The Balaban J connectivity index is 2.18. The molecule has 2 N–H and O–H groups in total. The monoisotopic (exact) mass is 340 g/mol. The van der Waals surface area contributed by atoms with E-state index in [2.05, 4.69) is 53.5 Å². The molecule has 0 saturated carbocycles. The molecule has 0 radical (unpaired) electrons. The zero-order valence-corrected chi connectivity index (χ0v) is 16.0. The molecule has 0 aliphatic heterocycles. The van der Waals surface area contributed by atoms with E-state index in [1.54, 1.807) is 13.0 Å². The van der Waals surface area contributed by atoms with Crippen molar-refractivity contribution in [1.82, 2.24) is 9.97 Å². The van der Waals surface area contributed by atoms with Gasteiger partial charge in [0.15, 0.2) is 0 Å². The van der Waals surface area contributed by atoms with Crippen LogP contribution < -0.4 is 10.6 Å².